The zero-order valence-electron chi connectivity index (χ0n) is 9.51. The minimum atomic E-state index is -1.04. The highest BCUT2D eigenvalue weighted by molar-refractivity contribution is 9.10. The van der Waals surface area contributed by atoms with Gasteiger partial charge in [0.15, 0.2) is 18.1 Å². The lowest BCUT2D eigenvalue weighted by molar-refractivity contribution is -0.131. The van der Waals surface area contributed by atoms with Gasteiger partial charge in [0, 0.05) is 10.5 Å². The largest absolute Gasteiger partial charge is 0.493 e. The molecule has 0 atom stereocenters. The summed E-state index contributed by atoms with van der Waals surface area (Å²) in [6.45, 7) is -0.0902. The fourth-order valence-electron chi connectivity index (χ4n) is 1.22. The summed E-state index contributed by atoms with van der Waals surface area (Å²) < 4.78 is 10.9. The van der Waals surface area contributed by atoms with E-state index in [0.717, 1.165) is 6.08 Å². The van der Waals surface area contributed by atoms with Gasteiger partial charge in [0.2, 0.25) is 0 Å². The Labute approximate surface area is 112 Å². The molecule has 0 aromatic heterocycles. The number of aliphatic carboxylic acids is 1. The van der Waals surface area contributed by atoms with Gasteiger partial charge in [-0.1, -0.05) is 15.9 Å². The molecule has 0 amide bonds. The van der Waals surface area contributed by atoms with Gasteiger partial charge in [-0.2, -0.15) is 5.26 Å². The Morgan fingerprint density at radius 2 is 2.28 bits per heavy atom. The van der Waals surface area contributed by atoms with Crippen molar-refractivity contribution < 1.29 is 19.4 Å². The number of halogens is 1. The number of carboxylic acid groups (broad SMARTS) is 1. The number of methoxy groups -OCH3 is 1. The van der Waals surface area contributed by atoms with E-state index >= 15 is 0 Å². The molecule has 1 N–H and O–H groups in total. The van der Waals surface area contributed by atoms with Gasteiger partial charge in [-0.05, 0) is 23.8 Å². The number of carboxylic acids is 1. The summed E-state index contributed by atoms with van der Waals surface area (Å²) in [6.07, 6.45) is 2.46. The molecule has 0 heterocycles. The maximum Gasteiger partial charge on any atom is 0.328 e. The fourth-order valence-corrected chi connectivity index (χ4v) is 1.68. The molecule has 1 aromatic carbocycles. The summed E-state index contributed by atoms with van der Waals surface area (Å²) in [5.41, 5.74) is 0.638. The van der Waals surface area contributed by atoms with Crippen molar-refractivity contribution in [3.8, 4) is 17.6 Å². The van der Waals surface area contributed by atoms with Crippen LogP contribution >= 0.6 is 15.9 Å². The summed E-state index contributed by atoms with van der Waals surface area (Å²) in [5.74, 6) is -0.192. The zero-order chi connectivity index (χ0) is 13.5. The van der Waals surface area contributed by atoms with Crippen LogP contribution in [0.25, 0.3) is 6.08 Å². The Hall–Kier alpha value is -2.00. The first kappa shape index (κ1) is 14.1. The van der Waals surface area contributed by atoms with Gasteiger partial charge >= 0.3 is 5.97 Å². The van der Waals surface area contributed by atoms with Crippen molar-refractivity contribution in [1.29, 1.82) is 5.26 Å². The number of hydrogen-bond acceptors (Lipinski definition) is 4. The van der Waals surface area contributed by atoms with Gasteiger partial charge < -0.3 is 14.6 Å². The van der Waals surface area contributed by atoms with E-state index in [9.17, 15) is 4.79 Å². The maximum absolute atomic E-state index is 10.5. The van der Waals surface area contributed by atoms with Crippen LogP contribution in [0.15, 0.2) is 22.7 Å². The van der Waals surface area contributed by atoms with Gasteiger partial charge in [-0.25, -0.2) is 4.79 Å². The summed E-state index contributed by atoms with van der Waals surface area (Å²) in [4.78, 5) is 10.5. The Kier molecular flexibility index (Phi) is 5.21. The van der Waals surface area contributed by atoms with Gasteiger partial charge in [-0.15, -0.1) is 0 Å². The third-order valence-electron chi connectivity index (χ3n) is 1.98. The third-order valence-corrected chi connectivity index (χ3v) is 2.67. The number of benzene rings is 1. The van der Waals surface area contributed by atoms with Crippen LogP contribution in [0.2, 0.25) is 0 Å². The molecule has 0 saturated carbocycles. The first-order valence-corrected chi connectivity index (χ1v) is 5.66. The van der Waals surface area contributed by atoms with Crippen molar-refractivity contribution in [3.05, 3.63) is 28.2 Å². The van der Waals surface area contributed by atoms with E-state index in [1.54, 1.807) is 12.1 Å². The Balaban J connectivity index is 3.10. The predicted octanol–water partition coefficient (Wildman–Crippen LogP) is 2.46. The first-order valence-electron chi connectivity index (χ1n) is 4.86. The number of nitrogens with zero attached hydrogens (tertiary/aromatic N) is 1. The Morgan fingerprint density at radius 3 is 2.83 bits per heavy atom. The van der Waals surface area contributed by atoms with Crippen LogP contribution in [-0.2, 0) is 4.79 Å². The summed E-state index contributed by atoms with van der Waals surface area (Å²) in [7, 11) is 1.47. The van der Waals surface area contributed by atoms with Gasteiger partial charge in [-0.3, -0.25) is 0 Å². The van der Waals surface area contributed by atoms with E-state index in [2.05, 4.69) is 15.9 Å². The van der Waals surface area contributed by atoms with Crippen LogP contribution in [0.1, 0.15) is 5.56 Å². The quantitative estimate of drug-likeness (QED) is 0.845. The SMILES string of the molecule is COc1cc(/C=C/C(=O)O)c(Br)cc1OCC#N. The molecule has 94 valence electrons. The van der Waals surface area contributed by atoms with Crippen molar-refractivity contribution in [2.45, 2.75) is 0 Å². The molecule has 1 rings (SSSR count). The van der Waals surface area contributed by atoms with Gasteiger partial charge in [0.25, 0.3) is 0 Å². The van der Waals surface area contributed by atoms with Crippen molar-refractivity contribution >= 4 is 28.0 Å². The zero-order valence-corrected chi connectivity index (χ0v) is 11.1. The molecule has 0 bridgehead atoms. The molecule has 0 aliphatic heterocycles. The number of hydrogen-bond donors (Lipinski definition) is 1. The third kappa shape index (κ3) is 3.79. The van der Waals surface area contributed by atoms with E-state index in [-0.39, 0.29) is 6.61 Å². The van der Waals surface area contributed by atoms with Crippen molar-refractivity contribution in [2.75, 3.05) is 13.7 Å². The van der Waals surface area contributed by atoms with Crippen LogP contribution in [0.5, 0.6) is 11.5 Å². The molecule has 5 nitrogen and oxygen atoms in total. The number of nitriles is 1. The first-order chi connectivity index (χ1) is 8.58. The number of carbonyl (C=O) groups is 1. The van der Waals surface area contributed by atoms with E-state index < -0.39 is 5.97 Å². The second kappa shape index (κ2) is 6.67. The predicted molar refractivity (Wildman–Crippen MR) is 68.5 cm³/mol. The van der Waals surface area contributed by atoms with Gasteiger partial charge in [0.05, 0.1) is 7.11 Å². The lowest BCUT2D eigenvalue weighted by Crippen LogP contribution is -1.97. The van der Waals surface area contributed by atoms with Gasteiger partial charge in [0.1, 0.15) is 6.07 Å². The summed E-state index contributed by atoms with van der Waals surface area (Å²) in [6, 6.07) is 5.10. The molecule has 6 heteroatoms. The standard InChI is InChI=1S/C12H10BrNO4/c1-17-10-6-8(2-3-12(15)16)9(13)7-11(10)18-5-4-14/h2-3,6-7H,5H2,1H3,(H,15,16)/b3-2+. The molecule has 0 aliphatic carbocycles. The molecule has 0 fully saturated rings. The fraction of sp³-hybridized carbons (Fsp3) is 0.167. The molecule has 18 heavy (non-hydrogen) atoms. The molecule has 0 aliphatic rings. The van der Waals surface area contributed by atoms with Crippen molar-refractivity contribution in [2.24, 2.45) is 0 Å². The lowest BCUT2D eigenvalue weighted by Gasteiger charge is -2.10. The van der Waals surface area contributed by atoms with Crippen LogP contribution in [-0.4, -0.2) is 24.8 Å². The summed E-state index contributed by atoms with van der Waals surface area (Å²) >= 11 is 3.29. The van der Waals surface area contributed by atoms with Crippen LogP contribution in [0.3, 0.4) is 0 Å². The Bertz CT molecular complexity index is 520. The topological polar surface area (TPSA) is 79.6 Å². The summed E-state index contributed by atoms with van der Waals surface area (Å²) in [5, 5.41) is 17.0. The van der Waals surface area contributed by atoms with E-state index in [0.29, 0.717) is 21.5 Å². The normalized spacial score (nSPS) is 10.1. The lowest BCUT2D eigenvalue weighted by atomic mass is 10.2. The smallest absolute Gasteiger partial charge is 0.328 e. The Morgan fingerprint density at radius 1 is 1.56 bits per heavy atom. The second-order valence-electron chi connectivity index (χ2n) is 3.14. The highest BCUT2D eigenvalue weighted by atomic mass is 79.9. The average molecular weight is 312 g/mol. The average Bonchev–Trinajstić information content (AvgIpc) is 2.34. The minimum Gasteiger partial charge on any atom is -0.493 e. The molecule has 0 unspecified atom stereocenters. The highest BCUT2D eigenvalue weighted by Gasteiger charge is 2.09. The van der Waals surface area contributed by atoms with Crippen LogP contribution in [0.4, 0.5) is 0 Å². The van der Waals surface area contributed by atoms with Crippen LogP contribution < -0.4 is 9.47 Å². The molecular weight excluding hydrogens is 302 g/mol. The van der Waals surface area contributed by atoms with Crippen molar-refractivity contribution in [1.82, 2.24) is 0 Å². The number of ether oxygens (including phenoxy) is 2. The van der Waals surface area contributed by atoms with E-state index in [1.807, 2.05) is 6.07 Å². The molecule has 0 radical (unpaired) electrons. The van der Waals surface area contributed by atoms with Crippen LogP contribution in [0, 0.1) is 11.3 Å². The molecular formula is C12H10BrNO4. The van der Waals surface area contributed by atoms with Crippen molar-refractivity contribution in [3.63, 3.8) is 0 Å². The maximum atomic E-state index is 10.5. The van der Waals surface area contributed by atoms with E-state index in [4.69, 9.17) is 19.8 Å². The minimum absolute atomic E-state index is 0.0902. The highest BCUT2D eigenvalue weighted by Crippen LogP contribution is 2.34. The molecule has 0 saturated heterocycles. The molecule has 1 aromatic rings. The second-order valence-corrected chi connectivity index (χ2v) is 4.00. The molecule has 0 spiro atoms. The monoisotopic (exact) mass is 311 g/mol. The van der Waals surface area contributed by atoms with E-state index in [1.165, 1.54) is 13.2 Å². The number of rotatable bonds is 5.